The van der Waals surface area contributed by atoms with E-state index < -0.39 is 0 Å². The molecule has 0 rings (SSSR count). The largest absolute Gasteiger partial charge is 0.338 e. The SMILES string of the molecule is CCCNC(=O)NCCCl. The minimum atomic E-state index is -0.137. The van der Waals surface area contributed by atoms with Gasteiger partial charge < -0.3 is 10.6 Å². The molecule has 0 aliphatic rings. The summed E-state index contributed by atoms with van der Waals surface area (Å²) in [5, 5.41) is 5.24. The normalized spacial score (nSPS) is 9.00. The molecule has 0 fully saturated rings. The number of hydrogen-bond donors (Lipinski definition) is 2. The fourth-order valence-corrected chi connectivity index (χ4v) is 0.556. The van der Waals surface area contributed by atoms with Gasteiger partial charge in [0.15, 0.2) is 0 Å². The van der Waals surface area contributed by atoms with E-state index in [2.05, 4.69) is 10.6 Å². The zero-order valence-corrected chi connectivity index (χ0v) is 6.87. The van der Waals surface area contributed by atoms with Crippen molar-refractivity contribution in [3.05, 3.63) is 0 Å². The molecule has 0 aromatic heterocycles. The number of carbonyl (C=O) groups is 1. The maximum atomic E-state index is 10.7. The minimum absolute atomic E-state index is 0.137. The van der Waals surface area contributed by atoms with Gasteiger partial charge in [-0.15, -0.1) is 11.6 Å². The molecular weight excluding hydrogens is 152 g/mol. The van der Waals surface area contributed by atoms with Gasteiger partial charge in [0.25, 0.3) is 0 Å². The van der Waals surface area contributed by atoms with E-state index in [0.29, 0.717) is 19.0 Å². The standard InChI is InChI=1S/C6H13ClN2O/c1-2-4-8-6(10)9-5-3-7/h2-5H2,1H3,(H2,8,9,10). The average molecular weight is 165 g/mol. The third-order valence-corrected chi connectivity index (χ3v) is 1.10. The van der Waals surface area contributed by atoms with Gasteiger partial charge in [-0.3, -0.25) is 0 Å². The van der Waals surface area contributed by atoms with Crippen LogP contribution in [0.4, 0.5) is 4.79 Å². The molecule has 60 valence electrons. The van der Waals surface area contributed by atoms with E-state index in [1.165, 1.54) is 0 Å². The molecule has 0 aliphatic heterocycles. The predicted octanol–water partition coefficient (Wildman–Crippen LogP) is 0.934. The van der Waals surface area contributed by atoms with Crippen molar-refractivity contribution < 1.29 is 4.79 Å². The van der Waals surface area contributed by atoms with E-state index in [1.54, 1.807) is 0 Å². The fraction of sp³-hybridized carbons (Fsp3) is 0.833. The lowest BCUT2D eigenvalue weighted by Crippen LogP contribution is -2.36. The second-order valence-electron chi connectivity index (χ2n) is 1.87. The van der Waals surface area contributed by atoms with E-state index in [4.69, 9.17) is 11.6 Å². The lowest BCUT2D eigenvalue weighted by atomic mass is 10.5. The molecule has 0 unspecified atom stereocenters. The first-order chi connectivity index (χ1) is 4.81. The summed E-state index contributed by atoms with van der Waals surface area (Å²) in [6.07, 6.45) is 0.953. The molecule has 0 saturated heterocycles. The maximum Gasteiger partial charge on any atom is 0.314 e. The number of halogens is 1. The van der Waals surface area contributed by atoms with Gasteiger partial charge in [0.1, 0.15) is 0 Å². The van der Waals surface area contributed by atoms with Gasteiger partial charge in [-0.2, -0.15) is 0 Å². The lowest BCUT2D eigenvalue weighted by Gasteiger charge is -2.03. The number of nitrogens with one attached hydrogen (secondary N) is 2. The van der Waals surface area contributed by atoms with Gasteiger partial charge in [0.2, 0.25) is 0 Å². The van der Waals surface area contributed by atoms with E-state index in [0.717, 1.165) is 6.42 Å². The van der Waals surface area contributed by atoms with Crippen LogP contribution in [-0.2, 0) is 0 Å². The Bertz CT molecular complexity index is 87.7. The highest BCUT2D eigenvalue weighted by atomic mass is 35.5. The minimum Gasteiger partial charge on any atom is -0.338 e. The first-order valence-electron chi connectivity index (χ1n) is 3.39. The summed E-state index contributed by atoms with van der Waals surface area (Å²) in [5.41, 5.74) is 0. The molecule has 4 heteroatoms. The molecule has 0 bridgehead atoms. The molecule has 2 N–H and O–H groups in total. The summed E-state index contributed by atoms with van der Waals surface area (Å²) in [6.45, 7) is 3.24. The van der Waals surface area contributed by atoms with E-state index in [1.807, 2.05) is 6.92 Å². The molecule has 0 aliphatic carbocycles. The van der Waals surface area contributed by atoms with Crippen LogP contribution in [0.2, 0.25) is 0 Å². The topological polar surface area (TPSA) is 41.1 Å². The van der Waals surface area contributed by atoms with Crippen LogP contribution in [-0.4, -0.2) is 25.0 Å². The molecule has 10 heavy (non-hydrogen) atoms. The van der Waals surface area contributed by atoms with Gasteiger partial charge in [-0.25, -0.2) is 4.79 Å². The van der Waals surface area contributed by atoms with Crippen molar-refractivity contribution in [3.8, 4) is 0 Å². The van der Waals surface area contributed by atoms with Crippen LogP contribution in [0, 0.1) is 0 Å². The van der Waals surface area contributed by atoms with Gasteiger partial charge >= 0.3 is 6.03 Å². The molecule has 2 amide bonds. The Morgan fingerprint density at radius 1 is 1.40 bits per heavy atom. The monoisotopic (exact) mass is 164 g/mol. The summed E-state index contributed by atoms with van der Waals surface area (Å²) in [4.78, 5) is 10.7. The third-order valence-electron chi connectivity index (χ3n) is 0.916. The number of hydrogen-bond acceptors (Lipinski definition) is 1. The Labute approximate surface area is 66.1 Å². The van der Waals surface area contributed by atoms with Crippen LogP contribution >= 0.6 is 11.6 Å². The lowest BCUT2D eigenvalue weighted by molar-refractivity contribution is 0.241. The Balaban J connectivity index is 3.09. The van der Waals surface area contributed by atoms with Crippen LogP contribution in [0.5, 0.6) is 0 Å². The van der Waals surface area contributed by atoms with Crippen LogP contribution in [0.1, 0.15) is 13.3 Å². The first kappa shape index (κ1) is 9.56. The molecule has 0 aromatic rings. The molecule has 0 saturated carbocycles. The van der Waals surface area contributed by atoms with Crippen molar-refractivity contribution in [1.82, 2.24) is 10.6 Å². The Morgan fingerprint density at radius 2 is 2.00 bits per heavy atom. The molecule has 0 aromatic carbocycles. The smallest absolute Gasteiger partial charge is 0.314 e. The molecule has 0 radical (unpaired) electrons. The van der Waals surface area contributed by atoms with E-state index >= 15 is 0 Å². The van der Waals surface area contributed by atoms with Crippen molar-refractivity contribution in [3.63, 3.8) is 0 Å². The predicted molar refractivity (Wildman–Crippen MR) is 42.4 cm³/mol. The van der Waals surface area contributed by atoms with Crippen LogP contribution < -0.4 is 10.6 Å². The fourth-order valence-electron chi connectivity index (χ4n) is 0.462. The summed E-state index contributed by atoms with van der Waals surface area (Å²) < 4.78 is 0. The first-order valence-corrected chi connectivity index (χ1v) is 3.92. The number of alkyl halides is 1. The van der Waals surface area contributed by atoms with Crippen molar-refractivity contribution in [2.45, 2.75) is 13.3 Å². The van der Waals surface area contributed by atoms with Crippen LogP contribution in [0.25, 0.3) is 0 Å². The second-order valence-corrected chi connectivity index (χ2v) is 2.25. The van der Waals surface area contributed by atoms with Crippen LogP contribution in [0.15, 0.2) is 0 Å². The number of urea groups is 1. The highest BCUT2D eigenvalue weighted by molar-refractivity contribution is 6.18. The summed E-state index contributed by atoms with van der Waals surface area (Å²) in [5.74, 6) is 0.458. The zero-order chi connectivity index (χ0) is 7.82. The summed E-state index contributed by atoms with van der Waals surface area (Å²) in [7, 11) is 0. The quantitative estimate of drug-likeness (QED) is 0.597. The highest BCUT2D eigenvalue weighted by Gasteiger charge is 1.94. The molecular formula is C6H13ClN2O. The van der Waals surface area contributed by atoms with Crippen LogP contribution in [0.3, 0.4) is 0 Å². The molecule has 0 heterocycles. The Kier molecular flexibility index (Phi) is 6.38. The highest BCUT2D eigenvalue weighted by Crippen LogP contribution is 1.72. The van der Waals surface area contributed by atoms with Gasteiger partial charge in [0.05, 0.1) is 0 Å². The Morgan fingerprint density at radius 3 is 2.50 bits per heavy atom. The van der Waals surface area contributed by atoms with Crippen molar-refractivity contribution >= 4 is 17.6 Å². The summed E-state index contributed by atoms with van der Waals surface area (Å²) >= 11 is 5.34. The molecule has 3 nitrogen and oxygen atoms in total. The van der Waals surface area contributed by atoms with Crippen molar-refractivity contribution in [2.24, 2.45) is 0 Å². The third kappa shape index (κ3) is 5.69. The Hall–Kier alpha value is -0.440. The summed E-state index contributed by atoms with van der Waals surface area (Å²) in [6, 6.07) is -0.137. The van der Waals surface area contributed by atoms with Gasteiger partial charge in [0, 0.05) is 19.0 Å². The van der Waals surface area contributed by atoms with E-state index in [-0.39, 0.29) is 6.03 Å². The zero-order valence-electron chi connectivity index (χ0n) is 6.11. The van der Waals surface area contributed by atoms with E-state index in [9.17, 15) is 4.79 Å². The van der Waals surface area contributed by atoms with Crippen molar-refractivity contribution in [2.75, 3.05) is 19.0 Å². The molecule has 0 spiro atoms. The molecule has 0 atom stereocenters. The average Bonchev–Trinajstić information content (AvgIpc) is 1.97. The number of amides is 2. The van der Waals surface area contributed by atoms with Gasteiger partial charge in [-0.1, -0.05) is 6.92 Å². The number of rotatable bonds is 4. The maximum absolute atomic E-state index is 10.7. The number of carbonyl (C=O) groups excluding carboxylic acids is 1. The second kappa shape index (κ2) is 6.68. The van der Waals surface area contributed by atoms with Crippen molar-refractivity contribution in [1.29, 1.82) is 0 Å². The van der Waals surface area contributed by atoms with Gasteiger partial charge in [-0.05, 0) is 6.42 Å².